The molecule has 0 radical (unpaired) electrons. The summed E-state index contributed by atoms with van der Waals surface area (Å²) >= 11 is 0. The molecule has 0 atom stereocenters. The molecule has 1 aliphatic carbocycles. The Balaban J connectivity index is 1.87. The van der Waals surface area contributed by atoms with Gasteiger partial charge in [-0.15, -0.1) is 0 Å². The molecule has 1 aromatic heterocycles. The molecule has 3 nitrogen and oxygen atoms in total. The zero-order chi connectivity index (χ0) is 14.1. The zero-order valence-electron chi connectivity index (χ0n) is 10.9. The maximum atomic E-state index is 13.6. The van der Waals surface area contributed by atoms with Gasteiger partial charge in [-0.05, 0) is 31.0 Å². The summed E-state index contributed by atoms with van der Waals surface area (Å²) in [7, 11) is 0. The SMILES string of the molecule is O=c1cc(C2CCC2)ncn1Cc1cc(F)ccc1F. The molecule has 104 valence electrons. The summed E-state index contributed by atoms with van der Waals surface area (Å²) in [4.78, 5) is 16.2. The highest BCUT2D eigenvalue weighted by atomic mass is 19.1. The summed E-state index contributed by atoms with van der Waals surface area (Å²) in [6.07, 6.45) is 4.72. The van der Waals surface area contributed by atoms with Crippen molar-refractivity contribution in [2.24, 2.45) is 0 Å². The topological polar surface area (TPSA) is 34.9 Å². The van der Waals surface area contributed by atoms with Crippen molar-refractivity contribution in [3.05, 3.63) is 63.8 Å². The van der Waals surface area contributed by atoms with E-state index in [1.165, 1.54) is 23.4 Å². The number of benzene rings is 1. The Hall–Kier alpha value is -2.04. The van der Waals surface area contributed by atoms with E-state index in [4.69, 9.17) is 0 Å². The van der Waals surface area contributed by atoms with Crippen LogP contribution in [-0.2, 0) is 6.54 Å². The van der Waals surface area contributed by atoms with Gasteiger partial charge in [0.2, 0.25) is 0 Å². The number of halogens is 2. The van der Waals surface area contributed by atoms with Crippen LogP contribution in [0.1, 0.15) is 36.4 Å². The van der Waals surface area contributed by atoms with E-state index in [2.05, 4.69) is 4.98 Å². The Labute approximate surface area is 114 Å². The van der Waals surface area contributed by atoms with Crippen molar-refractivity contribution >= 4 is 0 Å². The summed E-state index contributed by atoms with van der Waals surface area (Å²) in [5.41, 5.74) is 0.716. The highest BCUT2D eigenvalue weighted by Gasteiger charge is 2.21. The first-order valence-corrected chi connectivity index (χ1v) is 6.64. The molecule has 0 N–H and O–H groups in total. The lowest BCUT2D eigenvalue weighted by molar-refractivity contribution is 0.408. The Morgan fingerprint density at radius 2 is 2.05 bits per heavy atom. The molecule has 0 saturated heterocycles. The van der Waals surface area contributed by atoms with Crippen molar-refractivity contribution in [3.8, 4) is 0 Å². The lowest BCUT2D eigenvalue weighted by atomic mass is 9.83. The first kappa shape index (κ1) is 13.0. The van der Waals surface area contributed by atoms with E-state index in [-0.39, 0.29) is 17.7 Å². The Bertz CT molecular complexity index is 693. The summed E-state index contributed by atoms with van der Waals surface area (Å²) in [6, 6.07) is 4.72. The minimum atomic E-state index is -0.527. The molecule has 3 rings (SSSR count). The molecular weight excluding hydrogens is 262 g/mol. The predicted molar refractivity (Wildman–Crippen MR) is 70.5 cm³/mol. The van der Waals surface area contributed by atoms with Crippen LogP contribution in [0.4, 0.5) is 8.78 Å². The Kier molecular flexibility index (Phi) is 3.34. The predicted octanol–water partition coefficient (Wildman–Crippen LogP) is 2.84. The third-order valence-electron chi connectivity index (χ3n) is 3.77. The molecule has 1 aromatic carbocycles. The highest BCUT2D eigenvalue weighted by Crippen LogP contribution is 2.34. The Morgan fingerprint density at radius 1 is 1.25 bits per heavy atom. The van der Waals surface area contributed by atoms with Crippen LogP contribution in [0, 0.1) is 11.6 Å². The standard InChI is InChI=1S/C15H14F2N2O/c16-12-4-5-13(17)11(6-12)8-19-9-18-14(7-15(19)20)10-2-1-3-10/h4-7,9-10H,1-3,8H2. The summed E-state index contributed by atoms with van der Waals surface area (Å²) in [6.45, 7) is -0.0135. The molecular formula is C15H14F2N2O. The molecule has 20 heavy (non-hydrogen) atoms. The molecule has 1 aliphatic rings. The molecule has 1 saturated carbocycles. The molecule has 0 bridgehead atoms. The third-order valence-corrected chi connectivity index (χ3v) is 3.77. The van der Waals surface area contributed by atoms with Gasteiger partial charge >= 0.3 is 0 Å². The maximum Gasteiger partial charge on any atom is 0.253 e. The van der Waals surface area contributed by atoms with E-state index in [1.54, 1.807) is 0 Å². The van der Waals surface area contributed by atoms with Gasteiger partial charge in [-0.2, -0.15) is 0 Å². The van der Waals surface area contributed by atoms with Crippen LogP contribution >= 0.6 is 0 Å². The fourth-order valence-corrected chi connectivity index (χ4v) is 2.33. The van der Waals surface area contributed by atoms with Crippen molar-refractivity contribution in [3.63, 3.8) is 0 Å². The quantitative estimate of drug-likeness (QED) is 0.864. The summed E-state index contributed by atoms with van der Waals surface area (Å²) in [5.74, 6) is -0.668. The zero-order valence-corrected chi connectivity index (χ0v) is 10.9. The van der Waals surface area contributed by atoms with E-state index in [0.717, 1.165) is 36.7 Å². The van der Waals surface area contributed by atoms with E-state index >= 15 is 0 Å². The second kappa shape index (κ2) is 5.15. The van der Waals surface area contributed by atoms with Gasteiger partial charge in [0.05, 0.1) is 18.6 Å². The molecule has 2 aromatic rings. The number of rotatable bonds is 3. The van der Waals surface area contributed by atoms with E-state index in [1.807, 2.05) is 0 Å². The van der Waals surface area contributed by atoms with Crippen molar-refractivity contribution in [2.45, 2.75) is 31.7 Å². The fraction of sp³-hybridized carbons (Fsp3) is 0.333. The molecule has 1 heterocycles. The number of hydrogen-bond acceptors (Lipinski definition) is 2. The highest BCUT2D eigenvalue weighted by molar-refractivity contribution is 5.19. The number of aromatic nitrogens is 2. The van der Waals surface area contributed by atoms with Crippen LogP contribution in [0.15, 0.2) is 35.4 Å². The van der Waals surface area contributed by atoms with Crippen LogP contribution in [0.3, 0.4) is 0 Å². The molecule has 0 unspecified atom stereocenters. The van der Waals surface area contributed by atoms with E-state index < -0.39 is 11.6 Å². The second-order valence-corrected chi connectivity index (χ2v) is 5.14. The second-order valence-electron chi connectivity index (χ2n) is 5.14. The average molecular weight is 276 g/mol. The van der Waals surface area contributed by atoms with Crippen molar-refractivity contribution in [2.75, 3.05) is 0 Å². The van der Waals surface area contributed by atoms with Gasteiger partial charge in [0.25, 0.3) is 5.56 Å². The molecule has 0 aliphatic heterocycles. The normalized spacial score (nSPS) is 15.1. The maximum absolute atomic E-state index is 13.6. The van der Waals surface area contributed by atoms with Crippen molar-refractivity contribution in [1.82, 2.24) is 9.55 Å². The third kappa shape index (κ3) is 2.48. The van der Waals surface area contributed by atoms with Gasteiger partial charge in [0.1, 0.15) is 11.6 Å². The van der Waals surface area contributed by atoms with Crippen LogP contribution in [0.2, 0.25) is 0 Å². The van der Waals surface area contributed by atoms with Crippen LogP contribution < -0.4 is 5.56 Å². The van der Waals surface area contributed by atoms with E-state index in [0.29, 0.717) is 5.92 Å². The van der Waals surface area contributed by atoms with Gasteiger partial charge < -0.3 is 0 Å². The monoisotopic (exact) mass is 276 g/mol. The van der Waals surface area contributed by atoms with Crippen molar-refractivity contribution < 1.29 is 8.78 Å². The minimum absolute atomic E-state index is 0.0135. The van der Waals surface area contributed by atoms with Gasteiger partial charge in [-0.3, -0.25) is 9.36 Å². The summed E-state index contributed by atoms with van der Waals surface area (Å²) < 4.78 is 28.0. The lowest BCUT2D eigenvalue weighted by Gasteiger charge is -2.24. The average Bonchev–Trinajstić information content (AvgIpc) is 2.35. The van der Waals surface area contributed by atoms with Gasteiger partial charge in [-0.1, -0.05) is 6.42 Å². The number of hydrogen-bond donors (Lipinski definition) is 0. The smallest absolute Gasteiger partial charge is 0.253 e. The lowest BCUT2D eigenvalue weighted by Crippen LogP contribution is -2.23. The fourth-order valence-electron chi connectivity index (χ4n) is 2.33. The molecule has 5 heteroatoms. The van der Waals surface area contributed by atoms with E-state index in [9.17, 15) is 13.6 Å². The largest absolute Gasteiger partial charge is 0.295 e. The molecule has 1 fully saturated rings. The van der Waals surface area contributed by atoms with Crippen LogP contribution in [0.5, 0.6) is 0 Å². The van der Waals surface area contributed by atoms with Gasteiger partial charge in [0.15, 0.2) is 0 Å². The van der Waals surface area contributed by atoms with Crippen LogP contribution in [0.25, 0.3) is 0 Å². The number of nitrogens with zero attached hydrogens (tertiary/aromatic N) is 2. The molecule has 0 amide bonds. The first-order chi connectivity index (χ1) is 9.63. The minimum Gasteiger partial charge on any atom is -0.295 e. The van der Waals surface area contributed by atoms with Gasteiger partial charge in [-0.25, -0.2) is 13.8 Å². The molecule has 0 spiro atoms. The Morgan fingerprint density at radius 3 is 2.70 bits per heavy atom. The summed E-state index contributed by atoms with van der Waals surface area (Å²) in [5, 5.41) is 0. The van der Waals surface area contributed by atoms with Crippen LogP contribution in [-0.4, -0.2) is 9.55 Å². The van der Waals surface area contributed by atoms with Gasteiger partial charge in [0, 0.05) is 17.5 Å². The first-order valence-electron chi connectivity index (χ1n) is 6.64. The van der Waals surface area contributed by atoms with Crippen molar-refractivity contribution in [1.29, 1.82) is 0 Å².